The van der Waals surface area contributed by atoms with Gasteiger partial charge in [0, 0.05) is 19.1 Å². The highest BCUT2D eigenvalue weighted by Gasteiger charge is 2.30. The van der Waals surface area contributed by atoms with Crippen molar-refractivity contribution >= 4 is 15.9 Å². The Morgan fingerprint density at radius 1 is 1.03 bits per heavy atom. The first-order valence-corrected chi connectivity index (χ1v) is 11.3. The van der Waals surface area contributed by atoms with E-state index in [1.54, 1.807) is 36.1 Å². The van der Waals surface area contributed by atoms with E-state index < -0.39 is 10.0 Å². The van der Waals surface area contributed by atoms with Crippen LogP contribution in [0.25, 0.3) is 0 Å². The summed E-state index contributed by atoms with van der Waals surface area (Å²) in [5.74, 6) is 0.731. The Bertz CT molecular complexity index is 1010. The number of rotatable bonds is 6. The van der Waals surface area contributed by atoms with Crippen LogP contribution in [-0.4, -0.2) is 52.6 Å². The number of hydrogen-bond acceptors (Lipinski definition) is 5. The maximum atomic E-state index is 13.1. The van der Waals surface area contributed by atoms with E-state index in [0.29, 0.717) is 53.5 Å². The second-order valence-corrected chi connectivity index (χ2v) is 9.18. The van der Waals surface area contributed by atoms with Crippen molar-refractivity contribution in [3.05, 3.63) is 53.1 Å². The van der Waals surface area contributed by atoms with E-state index in [-0.39, 0.29) is 11.9 Å². The monoisotopic (exact) mass is 432 g/mol. The number of benzene rings is 2. The standard InChI is InChI=1S/C22H28N2O5S/c1-15-8-9-16(2)20(14-15)30(26,27)23-17-10-12-24(13-11-17)22(25)21-18(28-3)6-5-7-19(21)29-4/h5-9,14,17,23H,10-13H2,1-4H3. The summed E-state index contributed by atoms with van der Waals surface area (Å²) >= 11 is 0. The number of ether oxygens (including phenoxy) is 2. The Balaban J connectivity index is 1.70. The number of piperidine rings is 1. The number of sulfonamides is 1. The minimum atomic E-state index is -3.62. The number of hydrogen-bond donors (Lipinski definition) is 1. The van der Waals surface area contributed by atoms with Crippen LogP contribution >= 0.6 is 0 Å². The van der Waals surface area contributed by atoms with Crippen LogP contribution in [-0.2, 0) is 10.0 Å². The van der Waals surface area contributed by atoms with Gasteiger partial charge in [-0.05, 0) is 56.0 Å². The summed E-state index contributed by atoms with van der Waals surface area (Å²) in [6.07, 6.45) is 1.07. The number of aryl methyl sites for hydroxylation is 2. The highest BCUT2D eigenvalue weighted by Crippen LogP contribution is 2.30. The van der Waals surface area contributed by atoms with Gasteiger partial charge in [0.2, 0.25) is 10.0 Å². The molecule has 1 saturated heterocycles. The zero-order valence-corrected chi connectivity index (χ0v) is 18.6. The molecule has 1 fully saturated rings. The van der Waals surface area contributed by atoms with E-state index in [4.69, 9.17) is 9.47 Å². The highest BCUT2D eigenvalue weighted by molar-refractivity contribution is 7.89. The van der Waals surface area contributed by atoms with E-state index in [1.165, 1.54) is 14.2 Å². The van der Waals surface area contributed by atoms with Gasteiger partial charge in [0.1, 0.15) is 17.1 Å². The molecule has 162 valence electrons. The van der Waals surface area contributed by atoms with Gasteiger partial charge in [-0.1, -0.05) is 18.2 Å². The van der Waals surface area contributed by atoms with Crippen molar-refractivity contribution in [3.63, 3.8) is 0 Å². The molecular formula is C22H28N2O5S. The van der Waals surface area contributed by atoms with Crippen LogP contribution in [0, 0.1) is 13.8 Å². The molecule has 0 radical (unpaired) electrons. The Morgan fingerprint density at radius 2 is 1.63 bits per heavy atom. The van der Waals surface area contributed by atoms with Crippen LogP contribution in [0.15, 0.2) is 41.3 Å². The minimum absolute atomic E-state index is 0.180. The fourth-order valence-corrected chi connectivity index (χ4v) is 5.33. The Hall–Kier alpha value is -2.58. The highest BCUT2D eigenvalue weighted by atomic mass is 32.2. The number of nitrogens with zero attached hydrogens (tertiary/aromatic N) is 1. The van der Waals surface area contributed by atoms with Gasteiger partial charge >= 0.3 is 0 Å². The van der Waals surface area contributed by atoms with Crippen molar-refractivity contribution in [2.75, 3.05) is 27.3 Å². The molecule has 0 atom stereocenters. The number of carbonyl (C=O) groups is 1. The molecule has 0 aromatic heterocycles. The maximum Gasteiger partial charge on any atom is 0.261 e. The van der Waals surface area contributed by atoms with Crippen molar-refractivity contribution in [1.82, 2.24) is 9.62 Å². The van der Waals surface area contributed by atoms with Crippen molar-refractivity contribution < 1.29 is 22.7 Å². The summed E-state index contributed by atoms with van der Waals surface area (Å²) < 4.78 is 39.2. The molecule has 7 nitrogen and oxygen atoms in total. The first kappa shape index (κ1) is 22.1. The zero-order chi connectivity index (χ0) is 21.9. The van der Waals surface area contributed by atoms with Gasteiger partial charge < -0.3 is 14.4 Å². The van der Waals surface area contributed by atoms with Crippen LogP contribution in [0.5, 0.6) is 11.5 Å². The van der Waals surface area contributed by atoms with Crippen LogP contribution in [0.4, 0.5) is 0 Å². The second kappa shape index (κ2) is 9.06. The van der Waals surface area contributed by atoms with Gasteiger partial charge in [-0.15, -0.1) is 0 Å². The number of carbonyl (C=O) groups excluding carboxylic acids is 1. The van der Waals surface area contributed by atoms with Crippen molar-refractivity contribution in [2.24, 2.45) is 0 Å². The Morgan fingerprint density at radius 3 is 2.20 bits per heavy atom. The van der Waals surface area contributed by atoms with E-state index in [9.17, 15) is 13.2 Å². The van der Waals surface area contributed by atoms with Gasteiger partial charge in [0.15, 0.2) is 0 Å². The summed E-state index contributed by atoms with van der Waals surface area (Å²) in [6, 6.07) is 10.4. The quantitative estimate of drug-likeness (QED) is 0.759. The third-order valence-electron chi connectivity index (χ3n) is 5.38. The van der Waals surface area contributed by atoms with Crippen LogP contribution in [0.1, 0.15) is 34.3 Å². The molecule has 3 rings (SSSR count). The molecule has 0 spiro atoms. The lowest BCUT2D eigenvalue weighted by Crippen LogP contribution is -2.46. The van der Waals surface area contributed by atoms with Crippen LogP contribution < -0.4 is 14.2 Å². The lowest BCUT2D eigenvalue weighted by Gasteiger charge is -2.33. The molecule has 1 heterocycles. The normalized spacial score (nSPS) is 15.1. The Kier molecular flexibility index (Phi) is 6.67. The van der Waals surface area contributed by atoms with Gasteiger partial charge in [0.05, 0.1) is 19.1 Å². The molecule has 1 aliphatic heterocycles. The topological polar surface area (TPSA) is 84.9 Å². The fourth-order valence-electron chi connectivity index (χ4n) is 3.70. The van der Waals surface area contributed by atoms with Crippen molar-refractivity contribution in [3.8, 4) is 11.5 Å². The smallest absolute Gasteiger partial charge is 0.261 e. The fraction of sp³-hybridized carbons (Fsp3) is 0.409. The van der Waals surface area contributed by atoms with Gasteiger partial charge in [-0.2, -0.15) is 0 Å². The molecular weight excluding hydrogens is 404 g/mol. The summed E-state index contributed by atoms with van der Waals surface area (Å²) in [4.78, 5) is 15.1. The van der Waals surface area contributed by atoms with Gasteiger partial charge in [-0.3, -0.25) is 4.79 Å². The van der Waals surface area contributed by atoms with E-state index >= 15 is 0 Å². The Labute approximate surface area is 178 Å². The van der Waals surface area contributed by atoms with E-state index in [2.05, 4.69) is 4.72 Å². The first-order valence-electron chi connectivity index (χ1n) is 9.86. The van der Waals surface area contributed by atoms with E-state index in [0.717, 1.165) is 5.56 Å². The summed E-state index contributed by atoms with van der Waals surface area (Å²) in [5, 5.41) is 0. The lowest BCUT2D eigenvalue weighted by molar-refractivity contribution is 0.0704. The molecule has 30 heavy (non-hydrogen) atoms. The zero-order valence-electron chi connectivity index (χ0n) is 17.8. The van der Waals surface area contributed by atoms with Crippen LogP contribution in [0.3, 0.4) is 0 Å². The summed E-state index contributed by atoms with van der Waals surface area (Å²) in [5.41, 5.74) is 1.99. The molecule has 1 aliphatic rings. The number of likely N-dealkylation sites (tertiary alicyclic amines) is 1. The van der Waals surface area contributed by atoms with Gasteiger partial charge in [0.25, 0.3) is 5.91 Å². The number of amides is 1. The molecule has 1 amide bonds. The molecule has 8 heteroatoms. The third kappa shape index (κ3) is 4.60. The summed E-state index contributed by atoms with van der Waals surface area (Å²) in [6.45, 7) is 4.55. The first-order chi connectivity index (χ1) is 14.3. The van der Waals surface area contributed by atoms with Crippen LogP contribution in [0.2, 0.25) is 0 Å². The average Bonchev–Trinajstić information content (AvgIpc) is 2.74. The molecule has 1 N–H and O–H groups in total. The molecule has 0 bridgehead atoms. The predicted molar refractivity (Wildman–Crippen MR) is 115 cm³/mol. The number of nitrogens with one attached hydrogen (secondary N) is 1. The average molecular weight is 433 g/mol. The van der Waals surface area contributed by atoms with E-state index in [1.807, 2.05) is 19.1 Å². The lowest BCUT2D eigenvalue weighted by atomic mass is 10.0. The minimum Gasteiger partial charge on any atom is -0.496 e. The molecule has 0 unspecified atom stereocenters. The summed E-state index contributed by atoms with van der Waals surface area (Å²) in [7, 11) is -0.590. The number of methoxy groups -OCH3 is 2. The molecule has 2 aromatic rings. The maximum absolute atomic E-state index is 13.1. The van der Waals surface area contributed by atoms with Crippen molar-refractivity contribution in [2.45, 2.75) is 37.6 Å². The van der Waals surface area contributed by atoms with Gasteiger partial charge in [-0.25, -0.2) is 13.1 Å². The predicted octanol–water partition coefficient (Wildman–Crippen LogP) is 2.90. The molecule has 0 aliphatic carbocycles. The third-order valence-corrected chi connectivity index (χ3v) is 7.04. The molecule has 2 aromatic carbocycles. The largest absolute Gasteiger partial charge is 0.496 e. The second-order valence-electron chi connectivity index (χ2n) is 7.49. The van der Waals surface area contributed by atoms with Crippen molar-refractivity contribution in [1.29, 1.82) is 0 Å². The SMILES string of the molecule is COc1cccc(OC)c1C(=O)N1CCC(NS(=O)(=O)c2cc(C)ccc2C)CC1. The molecule has 0 saturated carbocycles.